The molecule has 0 amide bonds. The molecule has 1 aromatic rings. The fraction of sp³-hybridized carbons (Fsp3) is 0.533. The van der Waals surface area contributed by atoms with Gasteiger partial charge in [-0.15, -0.1) is 0 Å². The number of benzene rings is 1. The minimum atomic E-state index is -0.945. The molecule has 0 saturated heterocycles. The summed E-state index contributed by atoms with van der Waals surface area (Å²) in [5.74, 6) is 0.0521. The minimum Gasteiger partial charge on any atom is -0.478 e. The summed E-state index contributed by atoms with van der Waals surface area (Å²) in [7, 11) is 1.64. The van der Waals surface area contributed by atoms with E-state index in [0.29, 0.717) is 11.7 Å². The zero-order valence-electron chi connectivity index (χ0n) is 11.4. The first kappa shape index (κ1) is 13.9. The van der Waals surface area contributed by atoms with Crippen LogP contribution >= 0.6 is 0 Å². The summed E-state index contributed by atoms with van der Waals surface area (Å²) in [5, 5.41) is 9.02. The number of hydrogen-bond acceptors (Lipinski definition) is 3. The topological polar surface area (TPSA) is 55.8 Å². The second-order valence-corrected chi connectivity index (χ2v) is 5.05. The monoisotopic (exact) mass is 264 g/mol. The van der Waals surface area contributed by atoms with Crippen molar-refractivity contribution in [3.8, 4) is 5.75 Å². The van der Waals surface area contributed by atoms with Crippen LogP contribution in [0.15, 0.2) is 18.2 Å². The van der Waals surface area contributed by atoms with E-state index < -0.39 is 5.97 Å². The Morgan fingerprint density at radius 1 is 1.37 bits per heavy atom. The molecule has 0 aliphatic heterocycles. The first-order valence-corrected chi connectivity index (χ1v) is 6.65. The van der Waals surface area contributed by atoms with Crippen molar-refractivity contribution >= 4 is 5.97 Å². The van der Waals surface area contributed by atoms with E-state index >= 15 is 0 Å². The predicted molar refractivity (Wildman–Crippen MR) is 71.5 cm³/mol. The molecule has 0 aromatic heterocycles. The zero-order chi connectivity index (χ0) is 13.8. The maximum Gasteiger partial charge on any atom is 0.335 e. The van der Waals surface area contributed by atoms with Crippen LogP contribution in [0.25, 0.3) is 0 Å². The Morgan fingerprint density at radius 2 is 2.05 bits per heavy atom. The SMILES string of the molecule is COC(Oc1cc(C(=O)O)ccc1C)C1CCCC1. The van der Waals surface area contributed by atoms with E-state index in [9.17, 15) is 4.79 Å². The first-order valence-electron chi connectivity index (χ1n) is 6.65. The summed E-state index contributed by atoms with van der Waals surface area (Å²) in [6.07, 6.45) is 4.35. The lowest BCUT2D eigenvalue weighted by Crippen LogP contribution is -2.27. The molecule has 104 valence electrons. The van der Waals surface area contributed by atoms with E-state index in [1.54, 1.807) is 25.3 Å². The fourth-order valence-electron chi connectivity index (χ4n) is 2.55. The summed E-state index contributed by atoms with van der Waals surface area (Å²) in [5.41, 5.74) is 1.16. The Balaban J connectivity index is 2.15. The molecule has 0 radical (unpaired) electrons. The lowest BCUT2D eigenvalue weighted by atomic mass is 10.1. The second kappa shape index (κ2) is 6.06. The predicted octanol–water partition coefficient (Wildman–Crippen LogP) is 3.23. The van der Waals surface area contributed by atoms with E-state index in [0.717, 1.165) is 18.4 Å². The quantitative estimate of drug-likeness (QED) is 0.829. The number of carboxylic acid groups (broad SMARTS) is 1. The van der Waals surface area contributed by atoms with Gasteiger partial charge >= 0.3 is 5.97 Å². The Bertz CT molecular complexity index is 449. The van der Waals surface area contributed by atoms with Gasteiger partial charge in [-0.3, -0.25) is 0 Å². The number of carboxylic acids is 1. The first-order chi connectivity index (χ1) is 9.11. The second-order valence-electron chi connectivity index (χ2n) is 5.05. The molecule has 2 rings (SSSR count). The molecule has 1 aliphatic carbocycles. The van der Waals surface area contributed by atoms with E-state index in [1.807, 2.05) is 6.92 Å². The molecule has 1 N–H and O–H groups in total. The van der Waals surface area contributed by atoms with Crippen LogP contribution in [0.5, 0.6) is 5.75 Å². The average Bonchev–Trinajstić information content (AvgIpc) is 2.91. The third kappa shape index (κ3) is 3.26. The van der Waals surface area contributed by atoms with Crippen molar-refractivity contribution < 1.29 is 19.4 Å². The molecule has 0 bridgehead atoms. The summed E-state index contributed by atoms with van der Waals surface area (Å²) in [6, 6.07) is 4.92. The highest BCUT2D eigenvalue weighted by Crippen LogP contribution is 2.31. The van der Waals surface area contributed by atoms with Crippen LogP contribution in [-0.4, -0.2) is 24.5 Å². The van der Waals surface area contributed by atoms with Gasteiger partial charge in [0.1, 0.15) is 5.75 Å². The third-order valence-corrected chi connectivity index (χ3v) is 3.70. The molecule has 1 atom stereocenters. The molecule has 1 aliphatic rings. The zero-order valence-corrected chi connectivity index (χ0v) is 11.4. The molecule has 0 heterocycles. The van der Waals surface area contributed by atoms with Crippen LogP contribution < -0.4 is 4.74 Å². The molecule has 0 spiro atoms. The Labute approximate surface area is 113 Å². The average molecular weight is 264 g/mol. The third-order valence-electron chi connectivity index (χ3n) is 3.70. The maximum absolute atomic E-state index is 11.0. The van der Waals surface area contributed by atoms with Gasteiger partial charge in [-0.25, -0.2) is 4.79 Å². The van der Waals surface area contributed by atoms with E-state index in [1.165, 1.54) is 12.8 Å². The van der Waals surface area contributed by atoms with Gasteiger partial charge in [-0.05, 0) is 37.5 Å². The lowest BCUT2D eigenvalue weighted by Gasteiger charge is -2.24. The van der Waals surface area contributed by atoms with Crippen LogP contribution in [-0.2, 0) is 4.74 Å². The van der Waals surface area contributed by atoms with Crippen molar-refractivity contribution in [3.63, 3.8) is 0 Å². The number of aromatic carboxylic acids is 1. The highest BCUT2D eigenvalue weighted by molar-refractivity contribution is 5.88. The minimum absolute atomic E-state index is 0.238. The molecular weight excluding hydrogens is 244 g/mol. The number of hydrogen-bond donors (Lipinski definition) is 1. The molecule has 4 heteroatoms. The number of aryl methyl sites for hydroxylation is 1. The Kier molecular flexibility index (Phi) is 4.43. The molecule has 1 aromatic carbocycles. The number of ether oxygens (including phenoxy) is 2. The van der Waals surface area contributed by atoms with Crippen molar-refractivity contribution in [2.24, 2.45) is 5.92 Å². The molecule has 4 nitrogen and oxygen atoms in total. The summed E-state index contributed by atoms with van der Waals surface area (Å²) >= 11 is 0. The maximum atomic E-state index is 11.0. The van der Waals surface area contributed by atoms with Gasteiger partial charge in [-0.2, -0.15) is 0 Å². The Hall–Kier alpha value is -1.55. The highest BCUT2D eigenvalue weighted by Gasteiger charge is 2.27. The van der Waals surface area contributed by atoms with Gasteiger partial charge in [0.25, 0.3) is 0 Å². The highest BCUT2D eigenvalue weighted by atomic mass is 16.7. The summed E-state index contributed by atoms with van der Waals surface area (Å²) in [6.45, 7) is 1.91. The van der Waals surface area contributed by atoms with Gasteiger partial charge in [0, 0.05) is 13.0 Å². The molecule has 1 saturated carbocycles. The van der Waals surface area contributed by atoms with Crippen molar-refractivity contribution in [2.75, 3.05) is 7.11 Å². The Morgan fingerprint density at radius 3 is 2.63 bits per heavy atom. The van der Waals surface area contributed by atoms with Gasteiger partial charge in [0.2, 0.25) is 6.29 Å². The van der Waals surface area contributed by atoms with Crippen LogP contribution in [0.1, 0.15) is 41.6 Å². The van der Waals surface area contributed by atoms with E-state index in [-0.39, 0.29) is 11.9 Å². The number of carbonyl (C=O) groups is 1. The largest absolute Gasteiger partial charge is 0.478 e. The van der Waals surface area contributed by atoms with Gasteiger partial charge < -0.3 is 14.6 Å². The van der Waals surface area contributed by atoms with Crippen LogP contribution in [0.2, 0.25) is 0 Å². The van der Waals surface area contributed by atoms with Crippen LogP contribution in [0, 0.1) is 12.8 Å². The number of rotatable bonds is 5. The van der Waals surface area contributed by atoms with Crippen molar-refractivity contribution in [3.05, 3.63) is 29.3 Å². The van der Waals surface area contributed by atoms with Gasteiger partial charge in [-0.1, -0.05) is 18.9 Å². The summed E-state index contributed by atoms with van der Waals surface area (Å²) in [4.78, 5) is 11.0. The fourth-order valence-corrected chi connectivity index (χ4v) is 2.55. The number of methoxy groups -OCH3 is 1. The lowest BCUT2D eigenvalue weighted by molar-refractivity contribution is -0.0912. The molecule has 1 unspecified atom stereocenters. The molecular formula is C15H20O4. The summed E-state index contributed by atoms with van der Waals surface area (Å²) < 4.78 is 11.3. The normalized spacial score (nSPS) is 17.4. The van der Waals surface area contributed by atoms with Crippen molar-refractivity contribution in [1.29, 1.82) is 0 Å². The van der Waals surface area contributed by atoms with E-state index in [2.05, 4.69) is 0 Å². The van der Waals surface area contributed by atoms with Gasteiger partial charge in [0.05, 0.1) is 5.56 Å². The standard InChI is InChI=1S/C15H20O4/c1-10-7-8-12(14(16)17)9-13(10)19-15(18-2)11-5-3-4-6-11/h7-9,11,15H,3-6H2,1-2H3,(H,16,17). The smallest absolute Gasteiger partial charge is 0.335 e. The van der Waals surface area contributed by atoms with Gasteiger partial charge in [0.15, 0.2) is 0 Å². The van der Waals surface area contributed by atoms with Crippen LogP contribution in [0.4, 0.5) is 0 Å². The molecule has 1 fully saturated rings. The van der Waals surface area contributed by atoms with Crippen molar-refractivity contribution in [1.82, 2.24) is 0 Å². The molecule has 19 heavy (non-hydrogen) atoms. The van der Waals surface area contributed by atoms with E-state index in [4.69, 9.17) is 14.6 Å². The van der Waals surface area contributed by atoms with Crippen molar-refractivity contribution in [2.45, 2.75) is 38.9 Å². The van der Waals surface area contributed by atoms with Crippen LogP contribution in [0.3, 0.4) is 0 Å².